The van der Waals surface area contributed by atoms with Gasteiger partial charge in [0.25, 0.3) is 0 Å². The van der Waals surface area contributed by atoms with Crippen molar-refractivity contribution in [3.8, 4) is 11.5 Å². The molecule has 190 valence electrons. The molecule has 3 nitrogen and oxygen atoms in total. The SMILES string of the molecule is C=C1CC[C@H]2[C@H](CNCc3cc(OC)cc(OC)c3)[C@@H]([C@@]3(C)CC[C@H](C)C[C@@H]3CC)CC[C@]12C. The molecule has 3 fully saturated rings. The van der Waals surface area contributed by atoms with Crippen LogP contribution in [0.4, 0.5) is 0 Å². The molecule has 0 unspecified atom stereocenters. The van der Waals surface area contributed by atoms with E-state index in [0.29, 0.717) is 10.8 Å². The second-order valence-electron chi connectivity index (χ2n) is 12.3. The van der Waals surface area contributed by atoms with Gasteiger partial charge in [-0.05, 0) is 103 Å². The van der Waals surface area contributed by atoms with Gasteiger partial charge in [0.05, 0.1) is 14.2 Å². The van der Waals surface area contributed by atoms with Crippen LogP contribution in [-0.2, 0) is 6.54 Å². The molecule has 1 aromatic rings. The van der Waals surface area contributed by atoms with E-state index in [1.807, 2.05) is 6.07 Å². The first kappa shape index (κ1) is 25.6. The van der Waals surface area contributed by atoms with Crippen LogP contribution in [0.2, 0.25) is 0 Å². The van der Waals surface area contributed by atoms with Crippen molar-refractivity contribution >= 4 is 0 Å². The van der Waals surface area contributed by atoms with Gasteiger partial charge in [-0.25, -0.2) is 0 Å². The molecule has 0 radical (unpaired) electrons. The third kappa shape index (κ3) is 4.66. The van der Waals surface area contributed by atoms with Crippen molar-refractivity contribution in [1.82, 2.24) is 5.32 Å². The number of benzene rings is 1. The van der Waals surface area contributed by atoms with Crippen molar-refractivity contribution in [3.05, 3.63) is 35.9 Å². The van der Waals surface area contributed by atoms with E-state index >= 15 is 0 Å². The van der Waals surface area contributed by atoms with Crippen molar-refractivity contribution in [1.29, 1.82) is 0 Å². The van der Waals surface area contributed by atoms with Gasteiger partial charge in [0.2, 0.25) is 0 Å². The van der Waals surface area contributed by atoms with Crippen molar-refractivity contribution < 1.29 is 9.47 Å². The van der Waals surface area contributed by atoms with E-state index in [1.165, 1.54) is 62.5 Å². The van der Waals surface area contributed by atoms with Crippen LogP contribution in [0.1, 0.15) is 84.6 Å². The summed E-state index contributed by atoms with van der Waals surface area (Å²) in [6.07, 6.45) is 10.8. The summed E-state index contributed by atoms with van der Waals surface area (Å²) in [5.74, 6) is 5.76. The van der Waals surface area contributed by atoms with Crippen LogP contribution in [0, 0.1) is 40.4 Å². The van der Waals surface area contributed by atoms with E-state index in [2.05, 4.69) is 51.7 Å². The molecule has 34 heavy (non-hydrogen) atoms. The largest absolute Gasteiger partial charge is 0.497 e. The maximum atomic E-state index is 5.50. The van der Waals surface area contributed by atoms with Crippen molar-refractivity contribution in [2.75, 3.05) is 20.8 Å². The Morgan fingerprint density at radius 1 is 1.00 bits per heavy atom. The first-order chi connectivity index (χ1) is 16.2. The normalized spacial score (nSPS) is 37.9. The minimum atomic E-state index is 0.335. The molecule has 0 amide bonds. The first-order valence-electron chi connectivity index (χ1n) is 13.9. The molecule has 0 spiro atoms. The van der Waals surface area contributed by atoms with Crippen LogP contribution >= 0.6 is 0 Å². The molecule has 0 aliphatic heterocycles. The van der Waals surface area contributed by atoms with Gasteiger partial charge < -0.3 is 14.8 Å². The van der Waals surface area contributed by atoms with Crippen LogP contribution in [-0.4, -0.2) is 20.8 Å². The monoisotopic (exact) mass is 467 g/mol. The Morgan fingerprint density at radius 3 is 2.35 bits per heavy atom. The van der Waals surface area contributed by atoms with Gasteiger partial charge in [0, 0.05) is 12.6 Å². The fourth-order valence-electron chi connectivity index (χ4n) is 8.40. The van der Waals surface area contributed by atoms with Gasteiger partial charge in [-0.15, -0.1) is 0 Å². The van der Waals surface area contributed by atoms with E-state index in [-0.39, 0.29) is 0 Å². The average Bonchev–Trinajstić information content (AvgIpc) is 3.14. The Hall–Kier alpha value is -1.48. The molecule has 7 atom stereocenters. The van der Waals surface area contributed by atoms with Gasteiger partial charge in [-0.1, -0.05) is 52.7 Å². The van der Waals surface area contributed by atoms with Gasteiger partial charge in [0.1, 0.15) is 11.5 Å². The van der Waals surface area contributed by atoms with Crippen LogP contribution in [0.25, 0.3) is 0 Å². The molecular weight excluding hydrogens is 418 g/mol. The molecule has 3 heteroatoms. The molecule has 3 aliphatic carbocycles. The van der Waals surface area contributed by atoms with Gasteiger partial charge >= 0.3 is 0 Å². The van der Waals surface area contributed by atoms with Gasteiger partial charge in [0.15, 0.2) is 0 Å². The van der Waals surface area contributed by atoms with E-state index in [1.54, 1.807) is 14.2 Å². The van der Waals surface area contributed by atoms with E-state index < -0.39 is 0 Å². The molecule has 0 aromatic heterocycles. The summed E-state index contributed by atoms with van der Waals surface area (Å²) in [7, 11) is 3.45. The zero-order valence-electron chi connectivity index (χ0n) is 22.7. The van der Waals surface area contributed by atoms with Crippen molar-refractivity contribution in [2.24, 2.45) is 40.4 Å². The molecule has 0 bridgehead atoms. The molecule has 3 aliphatic rings. The lowest BCUT2D eigenvalue weighted by atomic mass is 9.48. The number of fused-ring (bicyclic) bond motifs is 1. The van der Waals surface area contributed by atoms with Crippen LogP contribution in [0.15, 0.2) is 30.4 Å². The third-order valence-corrected chi connectivity index (χ3v) is 10.6. The summed E-state index contributed by atoms with van der Waals surface area (Å²) >= 11 is 0. The maximum Gasteiger partial charge on any atom is 0.122 e. The molecule has 4 rings (SSSR count). The second-order valence-corrected chi connectivity index (χ2v) is 12.3. The average molecular weight is 468 g/mol. The molecular formula is C31H49NO2. The minimum Gasteiger partial charge on any atom is -0.497 e. The topological polar surface area (TPSA) is 30.5 Å². The fraction of sp³-hybridized carbons (Fsp3) is 0.742. The summed E-state index contributed by atoms with van der Waals surface area (Å²) in [4.78, 5) is 0. The summed E-state index contributed by atoms with van der Waals surface area (Å²) in [6.45, 7) is 16.6. The van der Waals surface area contributed by atoms with Crippen molar-refractivity contribution in [3.63, 3.8) is 0 Å². The molecule has 3 saturated carbocycles. The Kier molecular flexibility index (Phi) is 7.72. The Bertz CT molecular complexity index is 843. The summed E-state index contributed by atoms with van der Waals surface area (Å²) in [5, 5.41) is 3.91. The standard InChI is InChI=1S/C31H49NO2/c1-8-24-15-21(2)11-13-31(24,5)29-12-14-30(4)22(3)9-10-28(30)27(29)20-32-19-23-16-25(33-6)18-26(17-23)34-7/h16-18,21,24,27-29,32H,3,8-15,19-20H2,1-2,4-7H3/t21-,24-,27-,28-,29-,30+,31-/m0/s1. The lowest BCUT2D eigenvalue weighted by Gasteiger charge is -2.57. The lowest BCUT2D eigenvalue weighted by Crippen LogP contribution is -2.52. The Morgan fingerprint density at radius 2 is 1.71 bits per heavy atom. The summed E-state index contributed by atoms with van der Waals surface area (Å²) in [5.41, 5.74) is 3.55. The Labute approximate surface area is 209 Å². The number of rotatable bonds is 8. The van der Waals surface area contributed by atoms with Crippen LogP contribution in [0.5, 0.6) is 11.5 Å². The third-order valence-electron chi connectivity index (χ3n) is 10.6. The molecule has 0 saturated heterocycles. The number of ether oxygens (including phenoxy) is 2. The number of nitrogens with one attached hydrogen (secondary N) is 1. The summed E-state index contributed by atoms with van der Waals surface area (Å²) < 4.78 is 11.0. The molecule has 1 N–H and O–H groups in total. The lowest BCUT2D eigenvalue weighted by molar-refractivity contribution is -0.0668. The van der Waals surface area contributed by atoms with Gasteiger partial charge in [-0.3, -0.25) is 0 Å². The Balaban J connectivity index is 1.56. The highest BCUT2D eigenvalue weighted by atomic mass is 16.5. The quantitative estimate of drug-likeness (QED) is 0.398. The first-order valence-corrected chi connectivity index (χ1v) is 13.9. The second kappa shape index (κ2) is 10.2. The van der Waals surface area contributed by atoms with Crippen LogP contribution < -0.4 is 14.8 Å². The number of methoxy groups -OCH3 is 2. The molecule has 1 aromatic carbocycles. The minimum absolute atomic E-state index is 0.335. The highest BCUT2D eigenvalue weighted by Crippen LogP contribution is 2.63. The number of hydrogen-bond donors (Lipinski definition) is 1. The smallest absolute Gasteiger partial charge is 0.122 e. The van der Waals surface area contributed by atoms with Crippen LogP contribution in [0.3, 0.4) is 0 Å². The zero-order valence-corrected chi connectivity index (χ0v) is 22.7. The maximum absolute atomic E-state index is 5.50. The van der Waals surface area contributed by atoms with E-state index in [0.717, 1.165) is 54.2 Å². The predicted molar refractivity (Wildman–Crippen MR) is 142 cm³/mol. The van der Waals surface area contributed by atoms with E-state index in [4.69, 9.17) is 9.47 Å². The molecule has 0 heterocycles. The van der Waals surface area contributed by atoms with E-state index in [9.17, 15) is 0 Å². The highest BCUT2D eigenvalue weighted by molar-refractivity contribution is 5.38. The number of allylic oxidation sites excluding steroid dienone is 1. The number of hydrogen-bond acceptors (Lipinski definition) is 3. The van der Waals surface area contributed by atoms with Crippen molar-refractivity contribution in [2.45, 2.75) is 85.6 Å². The fourth-order valence-corrected chi connectivity index (χ4v) is 8.40. The van der Waals surface area contributed by atoms with Gasteiger partial charge in [-0.2, -0.15) is 0 Å². The highest BCUT2D eigenvalue weighted by Gasteiger charge is 2.56. The predicted octanol–water partition coefficient (Wildman–Crippen LogP) is 7.64. The zero-order chi connectivity index (χ0) is 24.5. The summed E-state index contributed by atoms with van der Waals surface area (Å²) in [6, 6.07) is 6.21.